The van der Waals surface area contributed by atoms with E-state index in [9.17, 15) is 0 Å². The van der Waals surface area contributed by atoms with Gasteiger partial charge in [-0.25, -0.2) is 0 Å². The van der Waals surface area contributed by atoms with Crippen molar-refractivity contribution in [3.8, 4) is 10.6 Å². The molecule has 3 nitrogen and oxygen atoms in total. The minimum Gasteiger partial charge on any atom is -0.264 e. The molecule has 12 heavy (non-hydrogen) atoms. The van der Waals surface area contributed by atoms with Crippen molar-refractivity contribution in [2.45, 2.75) is 6.92 Å². The largest absolute Gasteiger partial charge is 0.264 e. The molecule has 0 fully saturated rings. The van der Waals surface area contributed by atoms with E-state index in [0.29, 0.717) is 0 Å². The van der Waals surface area contributed by atoms with Crippen molar-refractivity contribution in [1.29, 1.82) is 0 Å². The molecule has 0 aliphatic rings. The van der Waals surface area contributed by atoms with E-state index in [-0.39, 0.29) is 0 Å². The number of hydrogen-bond acceptors (Lipinski definition) is 4. The predicted octanol–water partition coefficient (Wildman–Crippen LogP) is 1.91. The smallest absolute Gasteiger partial charge is 0.149 e. The van der Waals surface area contributed by atoms with Gasteiger partial charge in [0.1, 0.15) is 10.0 Å². The standard InChI is InChI=1S/C8H7N3S/c1-6-10-11-8(12-6)7-3-2-4-9-5-7/h2-5H,1H3. The molecule has 0 bridgehead atoms. The molecule has 0 saturated carbocycles. The molecule has 0 radical (unpaired) electrons. The Balaban J connectivity index is 2.45. The van der Waals surface area contributed by atoms with Crippen molar-refractivity contribution in [2.75, 3.05) is 0 Å². The fraction of sp³-hybridized carbons (Fsp3) is 0.125. The number of hydrogen-bond donors (Lipinski definition) is 0. The normalized spacial score (nSPS) is 10.1. The van der Waals surface area contributed by atoms with E-state index in [1.54, 1.807) is 23.7 Å². The maximum Gasteiger partial charge on any atom is 0.149 e. The molecule has 60 valence electrons. The zero-order valence-corrected chi connectivity index (χ0v) is 7.38. The van der Waals surface area contributed by atoms with Crippen LogP contribution in [0.2, 0.25) is 0 Å². The average Bonchev–Trinajstić information content (AvgIpc) is 2.54. The molecule has 0 aromatic carbocycles. The third-order valence-corrected chi connectivity index (χ3v) is 2.32. The summed E-state index contributed by atoms with van der Waals surface area (Å²) in [7, 11) is 0. The summed E-state index contributed by atoms with van der Waals surface area (Å²) >= 11 is 1.58. The molecule has 2 rings (SSSR count). The van der Waals surface area contributed by atoms with E-state index in [1.165, 1.54) is 0 Å². The van der Waals surface area contributed by atoms with Gasteiger partial charge in [0.05, 0.1) is 0 Å². The molecule has 0 N–H and O–H groups in total. The van der Waals surface area contributed by atoms with Gasteiger partial charge in [-0.1, -0.05) is 11.3 Å². The molecular weight excluding hydrogens is 170 g/mol. The molecule has 2 aromatic rings. The first kappa shape index (κ1) is 7.36. The van der Waals surface area contributed by atoms with Crippen LogP contribution in [0.3, 0.4) is 0 Å². The Morgan fingerprint density at radius 3 is 2.83 bits per heavy atom. The van der Waals surface area contributed by atoms with Gasteiger partial charge in [0, 0.05) is 18.0 Å². The number of nitrogens with zero attached hydrogens (tertiary/aromatic N) is 3. The third-order valence-electron chi connectivity index (χ3n) is 1.43. The second kappa shape index (κ2) is 2.98. The highest BCUT2D eigenvalue weighted by Crippen LogP contribution is 2.21. The first-order chi connectivity index (χ1) is 5.86. The Kier molecular flexibility index (Phi) is 1.83. The second-order valence-electron chi connectivity index (χ2n) is 2.37. The summed E-state index contributed by atoms with van der Waals surface area (Å²) in [5.41, 5.74) is 1.03. The number of pyridine rings is 1. The monoisotopic (exact) mass is 177 g/mol. The van der Waals surface area contributed by atoms with Crippen molar-refractivity contribution in [2.24, 2.45) is 0 Å². The first-order valence-corrected chi connectivity index (χ1v) is 4.38. The van der Waals surface area contributed by atoms with Gasteiger partial charge in [0.2, 0.25) is 0 Å². The van der Waals surface area contributed by atoms with Crippen molar-refractivity contribution in [3.63, 3.8) is 0 Å². The van der Waals surface area contributed by atoms with E-state index in [4.69, 9.17) is 0 Å². The summed E-state index contributed by atoms with van der Waals surface area (Å²) < 4.78 is 0. The maximum absolute atomic E-state index is 4.01. The second-order valence-corrected chi connectivity index (χ2v) is 3.55. The van der Waals surface area contributed by atoms with E-state index in [0.717, 1.165) is 15.6 Å². The van der Waals surface area contributed by atoms with Gasteiger partial charge in [-0.15, -0.1) is 10.2 Å². The van der Waals surface area contributed by atoms with Gasteiger partial charge in [-0.3, -0.25) is 4.98 Å². The summed E-state index contributed by atoms with van der Waals surface area (Å²) in [6, 6.07) is 3.87. The Morgan fingerprint density at radius 2 is 2.25 bits per heavy atom. The van der Waals surface area contributed by atoms with Gasteiger partial charge in [0.15, 0.2) is 0 Å². The fourth-order valence-corrected chi connectivity index (χ4v) is 1.58. The molecule has 0 aliphatic heterocycles. The van der Waals surface area contributed by atoms with Crippen LogP contribution in [0.25, 0.3) is 10.6 Å². The highest BCUT2D eigenvalue weighted by atomic mass is 32.1. The molecule has 0 aliphatic carbocycles. The SMILES string of the molecule is Cc1nnc(-c2cccnc2)s1. The molecule has 4 heteroatoms. The van der Waals surface area contributed by atoms with Crippen molar-refractivity contribution >= 4 is 11.3 Å². The average molecular weight is 177 g/mol. The molecule has 0 saturated heterocycles. The summed E-state index contributed by atoms with van der Waals surface area (Å²) in [4.78, 5) is 4.01. The van der Waals surface area contributed by atoms with Crippen LogP contribution in [0.4, 0.5) is 0 Å². The van der Waals surface area contributed by atoms with Crippen molar-refractivity contribution in [1.82, 2.24) is 15.2 Å². The Hall–Kier alpha value is -1.29. The fourth-order valence-electron chi connectivity index (χ4n) is 0.902. The Labute approximate surface area is 74.1 Å². The molecular formula is C8H7N3S. The molecule has 0 atom stereocenters. The number of aryl methyl sites for hydroxylation is 1. The number of rotatable bonds is 1. The van der Waals surface area contributed by atoms with Crippen molar-refractivity contribution < 1.29 is 0 Å². The van der Waals surface area contributed by atoms with E-state index < -0.39 is 0 Å². The van der Waals surface area contributed by atoms with E-state index in [2.05, 4.69) is 15.2 Å². The zero-order chi connectivity index (χ0) is 8.39. The van der Waals surface area contributed by atoms with Gasteiger partial charge >= 0.3 is 0 Å². The maximum atomic E-state index is 4.01. The Morgan fingerprint density at radius 1 is 1.33 bits per heavy atom. The molecule has 2 aromatic heterocycles. The summed E-state index contributed by atoms with van der Waals surface area (Å²) in [6.45, 7) is 1.94. The number of aromatic nitrogens is 3. The predicted molar refractivity (Wildman–Crippen MR) is 47.9 cm³/mol. The lowest BCUT2D eigenvalue weighted by Crippen LogP contribution is -1.77. The van der Waals surface area contributed by atoms with E-state index >= 15 is 0 Å². The van der Waals surface area contributed by atoms with Crippen molar-refractivity contribution in [3.05, 3.63) is 29.5 Å². The minimum atomic E-state index is 0.931. The van der Waals surface area contributed by atoms with Crippen LogP contribution in [0.15, 0.2) is 24.5 Å². The molecule has 0 amide bonds. The first-order valence-electron chi connectivity index (χ1n) is 3.57. The molecule has 0 spiro atoms. The van der Waals surface area contributed by atoms with E-state index in [1.807, 2.05) is 19.1 Å². The summed E-state index contributed by atoms with van der Waals surface area (Å²) in [6.07, 6.45) is 3.54. The van der Waals surface area contributed by atoms with Crippen LogP contribution in [0, 0.1) is 6.92 Å². The van der Waals surface area contributed by atoms with Crippen LogP contribution in [0.1, 0.15) is 5.01 Å². The van der Waals surface area contributed by atoms with Crippen LogP contribution in [-0.2, 0) is 0 Å². The zero-order valence-electron chi connectivity index (χ0n) is 6.56. The van der Waals surface area contributed by atoms with Gasteiger partial charge in [-0.2, -0.15) is 0 Å². The minimum absolute atomic E-state index is 0.931. The van der Waals surface area contributed by atoms with Gasteiger partial charge in [0.25, 0.3) is 0 Å². The van der Waals surface area contributed by atoms with Crippen LogP contribution >= 0.6 is 11.3 Å². The van der Waals surface area contributed by atoms with Gasteiger partial charge in [-0.05, 0) is 19.1 Å². The molecule has 2 heterocycles. The van der Waals surface area contributed by atoms with Crippen LogP contribution in [0.5, 0.6) is 0 Å². The van der Waals surface area contributed by atoms with Gasteiger partial charge < -0.3 is 0 Å². The lowest BCUT2D eigenvalue weighted by molar-refractivity contribution is 1.05. The lowest BCUT2D eigenvalue weighted by atomic mass is 10.3. The quantitative estimate of drug-likeness (QED) is 0.667. The van der Waals surface area contributed by atoms with Crippen LogP contribution in [-0.4, -0.2) is 15.2 Å². The Bertz CT molecular complexity index is 369. The molecule has 0 unspecified atom stereocenters. The highest BCUT2D eigenvalue weighted by molar-refractivity contribution is 7.14. The topological polar surface area (TPSA) is 38.7 Å². The highest BCUT2D eigenvalue weighted by Gasteiger charge is 2.01. The third kappa shape index (κ3) is 1.33. The lowest BCUT2D eigenvalue weighted by Gasteiger charge is -1.90. The van der Waals surface area contributed by atoms with Crippen LogP contribution < -0.4 is 0 Å². The summed E-state index contributed by atoms with van der Waals surface area (Å²) in [5.74, 6) is 0. The summed E-state index contributed by atoms with van der Waals surface area (Å²) in [5, 5.41) is 9.86.